The number of hydrogen-bond acceptors (Lipinski definition) is 4. The lowest BCUT2D eigenvalue weighted by Gasteiger charge is -2.34. The maximum atomic E-state index is 5.96. The van der Waals surface area contributed by atoms with Gasteiger partial charge in [0.15, 0.2) is 6.23 Å². The molecule has 1 aliphatic rings. The molecule has 1 heterocycles. The topological polar surface area (TPSA) is 47.7 Å². The summed E-state index contributed by atoms with van der Waals surface area (Å²) in [7, 11) is 1.67. The zero-order valence-electron chi connectivity index (χ0n) is 11.5. The second-order valence-corrected chi connectivity index (χ2v) is 4.85. The highest BCUT2D eigenvalue weighted by Crippen LogP contribution is 2.33. The van der Waals surface area contributed by atoms with Crippen LogP contribution in [-0.2, 0) is 6.54 Å². The van der Waals surface area contributed by atoms with Crippen LogP contribution in [0.15, 0.2) is 48.5 Å². The molecule has 3 rings (SSSR count). The molecule has 20 heavy (non-hydrogen) atoms. The van der Waals surface area contributed by atoms with Crippen LogP contribution in [0, 0.1) is 0 Å². The van der Waals surface area contributed by atoms with Crippen molar-refractivity contribution in [3.8, 4) is 11.5 Å². The Hall–Kier alpha value is -2.20. The molecule has 0 fully saturated rings. The van der Waals surface area contributed by atoms with Crippen molar-refractivity contribution in [2.45, 2.75) is 12.8 Å². The highest BCUT2D eigenvalue weighted by molar-refractivity contribution is 5.60. The van der Waals surface area contributed by atoms with Gasteiger partial charge in [0, 0.05) is 6.54 Å². The largest absolute Gasteiger partial charge is 0.497 e. The molecule has 0 spiro atoms. The fourth-order valence-corrected chi connectivity index (χ4v) is 2.44. The average molecular weight is 270 g/mol. The molecular weight excluding hydrogens is 252 g/mol. The molecule has 0 saturated heterocycles. The van der Waals surface area contributed by atoms with Crippen LogP contribution in [-0.4, -0.2) is 19.9 Å². The zero-order chi connectivity index (χ0) is 13.9. The second kappa shape index (κ2) is 5.43. The molecule has 2 N–H and O–H groups in total. The lowest BCUT2D eigenvalue weighted by Crippen LogP contribution is -2.44. The van der Waals surface area contributed by atoms with Gasteiger partial charge in [-0.1, -0.05) is 24.3 Å². The van der Waals surface area contributed by atoms with Crippen LogP contribution in [0.3, 0.4) is 0 Å². The van der Waals surface area contributed by atoms with Gasteiger partial charge in [-0.3, -0.25) is 5.73 Å². The normalized spacial score (nSPS) is 17.3. The fraction of sp³-hybridized carbons (Fsp3) is 0.250. The van der Waals surface area contributed by atoms with Crippen molar-refractivity contribution < 1.29 is 9.47 Å². The van der Waals surface area contributed by atoms with E-state index in [0.29, 0.717) is 6.54 Å². The Labute approximate surface area is 118 Å². The van der Waals surface area contributed by atoms with E-state index in [1.54, 1.807) is 7.11 Å². The number of nitrogens with zero attached hydrogens (tertiary/aromatic N) is 1. The molecule has 2 aromatic rings. The zero-order valence-corrected chi connectivity index (χ0v) is 11.5. The Kier molecular flexibility index (Phi) is 3.48. The molecule has 1 unspecified atom stereocenters. The first kappa shape index (κ1) is 12.8. The summed E-state index contributed by atoms with van der Waals surface area (Å²) in [4.78, 5) is 2.24. The van der Waals surface area contributed by atoms with E-state index in [2.05, 4.69) is 23.1 Å². The van der Waals surface area contributed by atoms with Crippen molar-refractivity contribution >= 4 is 5.69 Å². The minimum absolute atomic E-state index is 0.289. The highest BCUT2D eigenvalue weighted by atomic mass is 16.5. The summed E-state index contributed by atoms with van der Waals surface area (Å²) in [5.74, 6) is 1.72. The van der Waals surface area contributed by atoms with E-state index in [1.807, 2.05) is 30.3 Å². The van der Waals surface area contributed by atoms with E-state index in [9.17, 15) is 0 Å². The van der Waals surface area contributed by atoms with Crippen molar-refractivity contribution in [1.82, 2.24) is 0 Å². The quantitative estimate of drug-likeness (QED) is 0.930. The van der Waals surface area contributed by atoms with Gasteiger partial charge in [0.2, 0.25) is 0 Å². The van der Waals surface area contributed by atoms with Gasteiger partial charge in [-0.2, -0.15) is 0 Å². The molecule has 2 aromatic carbocycles. The van der Waals surface area contributed by atoms with Crippen LogP contribution < -0.4 is 20.1 Å². The smallest absolute Gasteiger partial charge is 0.165 e. The maximum absolute atomic E-state index is 5.96. The van der Waals surface area contributed by atoms with Crippen LogP contribution in [0.25, 0.3) is 0 Å². The molecule has 1 atom stereocenters. The summed E-state index contributed by atoms with van der Waals surface area (Å²) in [6, 6.07) is 16.1. The van der Waals surface area contributed by atoms with Crippen LogP contribution in [0.2, 0.25) is 0 Å². The van der Waals surface area contributed by atoms with E-state index < -0.39 is 0 Å². The minimum Gasteiger partial charge on any atom is -0.497 e. The third kappa shape index (κ3) is 2.56. The fourth-order valence-electron chi connectivity index (χ4n) is 2.44. The minimum atomic E-state index is -0.289. The lowest BCUT2D eigenvalue weighted by molar-refractivity contribution is 0.200. The standard InChI is InChI=1S/C16H18N2O2/c1-19-13-8-6-12(7-9-13)10-18-11-16(17)20-15-5-3-2-4-14(15)18/h2-9,16H,10-11,17H2,1H3. The molecule has 0 radical (unpaired) electrons. The first-order chi connectivity index (χ1) is 9.76. The third-order valence-electron chi connectivity index (χ3n) is 3.42. The molecule has 4 heteroatoms. The van der Waals surface area contributed by atoms with Crippen LogP contribution >= 0.6 is 0 Å². The summed E-state index contributed by atoms with van der Waals surface area (Å²) in [5.41, 5.74) is 8.26. The number of rotatable bonds is 3. The van der Waals surface area contributed by atoms with E-state index >= 15 is 0 Å². The molecule has 0 aliphatic carbocycles. The van der Waals surface area contributed by atoms with Gasteiger partial charge in [-0.25, -0.2) is 0 Å². The summed E-state index contributed by atoms with van der Waals surface area (Å²) in [5, 5.41) is 0. The Morgan fingerprint density at radius 3 is 2.70 bits per heavy atom. The van der Waals surface area contributed by atoms with Gasteiger partial charge in [0.05, 0.1) is 19.3 Å². The van der Waals surface area contributed by atoms with Gasteiger partial charge in [0.1, 0.15) is 11.5 Å². The van der Waals surface area contributed by atoms with Crippen LogP contribution in [0.4, 0.5) is 5.69 Å². The Morgan fingerprint density at radius 1 is 1.20 bits per heavy atom. The molecule has 4 nitrogen and oxygen atoms in total. The summed E-state index contributed by atoms with van der Waals surface area (Å²) in [6.07, 6.45) is -0.289. The number of para-hydroxylation sites is 2. The third-order valence-corrected chi connectivity index (χ3v) is 3.42. The molecule has 0 amide bonds. The van der Waals surface area contributed by atoms with Crippen LogP contribution in [0.1, 0.15) is 5.56 Å². The second-order valence-electron chi connectivity index (χ2n) is 4.85. The van der Waals surface area contributed by atoms with Crippen molar-refractivity contribution in [3.05, 3.63) is 54.1 Å². The monoisotopic (exact) mass is 270 g/mol. The van der Waals surface area contributed by atoms with Crippen molar-refractivity contribution in [3.63, 3.8) is 0 Å². The van der Waals surface area contributed by atoms with Crippen molar-refractivity contribution in [2.24, 2.45) is 5.73 Å². The molecular formula is C16H18N2O2. The highest BCUT2D eigenvalue weighted by Gasteiger charge is 2.22. The average Bonchev–Trinajstić information content (AvgIpc) is 2.48. The number of benzene rings is 2. The van der Waals surface area contributed by atoms with Crippen molar-refractivity contribution in [1.29, 1.82) is 0 Å². The first-order valence-corrected chi connectivity index (χ1v) is 6.65. The molecule has 0 bridgehead atoms. The number of ether oxygens (including phenoxy) is 2. The van der Waals surface area contributed by atoms with Gasteiger partial charge in [-0.15, -0.1) is 0 Å². The Balaban J connectivity index is 1.83. The molecule has 0 saturated carbocycles. The first-order valence-electron chi connectivity index (χ1n) is 6.65. The van der Waals surface area contributed by atoms with Gasteiger partial charge < -0.3 is 14.4 Å². The number of anilines is 1. The number of nitrogens with two attached hydrogens (primary N) is 1. The summed E-state index contributed by atoms with van der Waals surface area (Å²) >= 11 is 0. The number of hydrogen-bond donors (Lipinski definition) is 1. The Morgan fingerprint density at radius 2 is 1.95 bits per heavy atom. The maximum Gasteiger partial charge on any atom is 0.165 e. The number of methoxy groups -OCH3 is 1. The van der Waals surface area contributed by atoms with E-state index in [1.165, 1.54) is 5.56 Å². The van der Waals surface area contributed by atoms with E-state index in [4.69, 9.17) is 15.2 Å². The Bertz CT molecular complexity index is 583. The number of fused-ring (bicyclic) bond motifs is 1. The van der Waals surface area contributed by atoms with E-state index in [-0.39, 0.29) is 6.23 Å². The predicted octanol–water partition coefficient (Wildman–Crippen LogP) is 2.38. The molecule has 1 aliphatic heterocycles. The predicted molar refractivity (Wildman–Crippen MR) is 79.1 cm³/mol. The SMILES string of the molecule is COc1ccc(CN2CC(N)Oc3ccccc32)cc1. The van der Waals surface area contributed by atoms with Gasteiger partial charge >= 0.3 is 0 Å². The summed E-state index contributed by atoms with van der Waals surface area (Å²) in [6.45, 7) is 1.49. The van der Waals surface area contributed by atoms with E-state index in [0.717, 1.165) is 23.7 Å². The van der Waals surface area contributed by atoms with Gasteiger partial charge in [0.25, 0.3) is 0 Å². The van der Waals surface area contributed by atoms with Crippen LogP contribution in [0.5, 0.6) is 11.5 Å². The molecule has 104 valence electrons. The van der Waals surface area contributed by atoms with Gasteiger partial charge in [-0.05, 0) is 29.8 Å². The molecule has 0 aromatic heterocycles. The summed E-state index contributed by atoms with van der Waals surface area (Å²) < 4.78 is 10.8. The van der Waals surface area contributed by atoms with Crippen molar-refractivity contribution in [2.75, 3.05) is 18.6 Å². The lowest BCUT2D eigenvalue weighted by atomic mass is 10.1.